The van der Waals surface area contributed by atoms with E-state index in [9.17, 15) is 18.0 Å². The summed E-state index contributed by atoms with van der Waals surface area (Å²) >= 11 is 0. The van der Waals surface area contributed by atoms with E-state index in [1.807, 2.05) is 0 Å². The lowest BCUT2D eigenvalue weighted by molar-refractivity contribution is 0.0000650. The fourth-order valence-corrected chi connectivity index (χ4v) is 3.64. The second kappa shape index (κ2) is 6.39. The first-order valence-corrected chi connectivity index (χ1v) is 8.53. The molecule has 2 aliphatic rings. The molecule has 0 saturated carbocycles. The number of benzene rings is 1. The highest BCUT2D eigenvalue weighted by Gasteiger charge is 2.40. The first-order chi connectivity index (χ1) is 11.7. The lowest BCUT2D eigenvalue weighted by Gasteiger charge is -2.45. The summed E-state index contributed by atoms with van der Waals surface area (Å²) < 4.78 is 47.3. The number of amides is 1. The lowest BCUT2D eigenvalue weighted by Crippen LogP contribution is -2.53. The van der Waals surface area contributed by atoms with Gasteiger partial charge in [-0.1, -0.05) is 6.08 Å². The molecule has 0 aliphatic carbocycles. The highest BCUT2D eigenvalue weighted by Crippen LogP contribution is 2.39. The summed E-state index contributed by atoms with van der Waals surface area (Å²) in [5.41, 5.74) is -0.513. The molecule has 2 atom stereocenters. The van der Waals surface area contributed by atoms with Gasteiger partial charge in [0.15, 0.2) is 11.6 Å². The van der Waals surface area contributed by atoms with E-state index < -0.39 is 29.1 Å². The molecule has 6 heteroatoms. The first-order valence-electron chi connectivity index (χ1n) is 8.53. The molecular weight excluding hydrogens is 331 g/mol. The van der Waals surface area contributed by atoms with E-state index >= 15 is 0 Å². The van der Waals surface area contributed by atoms with Crippen molar-refractivity contribution >= 4 is 11.7 Å². The molecule has 1 amide bonds. The smallest absolute Gasteiger partial charge is 0.411 e. The Bertz CT molecular complexity index is 724. The van der Waals surface area contributed by atoms with Gasteiger partial charge in [-0.05, 0) is 64.2 Å². The minimum Gasteiger partial charge on any atom is -0.444 e. The maximum Gasteiger partial charge on any atom is 0.411 e. The van der Waals surface area contributed by atoms with Gasteiger partial charge in [0.2, 0.25) is 0 Å². The van der Waals surface area contributed by atoms with Gasteiger partial charge in [-0.3, -0.25) is 4.90 Å². The summed E-state index contributed by atoms with van der Waals surface area (Å²) in [6.45, 7) is 5.39. The summed E-state index contributed by atoms with van der Waals surface area (Å²) in [6.07, 6.45) is 3.89. The molecule has 1 saturated heterocycles. The zero-order valence-electron chi connectivity index (χ0n) is 14.6. The number of piperidine rings is 1. The third kappa shape index (κ3) is 3.53. The van der Waals surface area contributed by atoms with Crippen LogP contribution in [0.5, 0.6) is 0 Å². The Labute approximate surface area is 145 Å². The molecule has 2 aliphatic heterocycles. The minimum absolute atomic E-state index is 0.198. The Kier molecular flexibility index (Phi) is 4.56. The molecule has 1 aromatic rings. The van der Waals surface area contributed by atoms with Gasteiger partial charge >= 0.3 is 6.09 Å². The molecule has 2 bridgehead atoms. The van der Waals surface area contributed by atoms with Crippen molar-refractivity contribution in [1.82, 2.24) is 4.90 Å². The Morgan fingerprint density at radius 3 is 2.48 bits per heavy atom. The van der Waals surface area contributed by atoms with Crippen molar-refractivity contribution in [2.24, 2.45) is 0 Å². The van der Waals surface area contributed by atoms with Crippen LogP contribution in [0.15, 0.2) is 18.2 Å². The third-order valence-corrected chi connectivity index (χ3v) is 4.61. The molecule has 25 heavy (non-hydrogen) atoms. The van der Waals surface area contributed by atoms with E-state index in [2.05, 4.69) is 0 Å². The van der Waals surface area contributed by atoms with Crippen molar-refractivity contribution < 1.29 is 22.7 Å². The number of hydrogen-bond donors (Lipinski definition) is 0. The van der Waals surface area contributed by atoms with Crippen LogP contribution in [0, 0.1) is 17.5 Å². The predicted molar refractivity (Wildman–Crippen MR) is 88.4 cm³/mol. The Balaban J connectivity index is 1.95. The molecule has 2 unspecified atom stereocenters. The van der Waals surface area contributed by atoms with E-state index in [-0.39, 0.29) is 24.1 Å². The van der Waals surface area contributed by atoms with Gasteiger partial charge in [0.1, 0.15) is 11.4 Å². The van der Waals surface area contributed by atoms with Gasteiger partial charge in [-0.15, -0.1) is 0 Å². The van der Waals surface area contributed by atoms with Gasteiger partial charge in [-0.2, -0.15) is 0 Å². The molecule has 0 spiro atoms. The summed E-state index contributed by atoms with van der Waals surface area (Å²) in [6, 6.07) is 1.23. The molecule has 3 rings (SSSR count). The zero-order valence-corrected chi connectivity index (χ0v) is 14.6. The summed E-state index contributed by atoms with van der Waals surface area (Å²) in [5.74, 6) is -3.03. The maximum absolute atomic E-state index is 14.1. The number of hydrogen-bond acceptors (Lipinski definition) is 2. The van der Waals surface area contributed by atoms with Crippen molar-refractivity contribution in [3.05, 3.63) is 41.2 Å². The Hall–Kier alpha value is -1.98. The van der Waals surface area contributed by atoms with E-state index in [0.29, 0.717) is 12.0 Å². The molecular formula is C19H22F3NO2. The molecule has 3 nitrogen and oxygen atoms in total. The number of carbonyl (C=O) groups is 1. The van der Waals surface area contributed by atoms with Gasteiger partial charge in [0, 0.05) is 6.04 Å². The van der Waals surface area contributed by atoms with Crippen LogP contribution in [-0.4, -0.2) is 28.7 Å². The van der Waals surface area contributed by atoms with Crippen molar-refractivity contribution in [1.29, 1.82) is 0 Å². The Morgan fingerprint density at radius 1 is 1.16 bits per heavy atom. The van der Waals surface area contributed by atoms with E-state index in [1.165, 1.54) is 0 Å². The standard InChI is InChI=1S/C19H22F3NO2/c1-19(2,3)25-18(24)23-12-5-4-6-13(23)10-11(9-12)16-14(20)7-8-15(21)17(16)22/h7-9,12-13H,4-6,10H2,1-3H3. The van der Waals surface area contributed by atoms with Crippen LogP contribution in [0.4, 0.5) is 18.0 Å². The van der Waals surface area contributed by atoms with Crippen LogP contribution >= 0.6 is 0 Å². The molecule has 0 N–H and O–H groups in total. The Morgan fingerprint density at radius 2 is 1.84 bits per heavy atom. The predicted octanol–water partition coefficient (Wildman–Crippen LogP) is 5.05. The number of halogens is 3. The fourth-order valence-electron chi connectivity index (χ4n) is 3.64. The highest BCUT2D eigenvalue weighted by molar-refractivity contribution is 5.75. The SMILES string of the molecule is CC(C)(C)OC(=O)N1C2C=C(c3c(F)ccc(F)c3F)CC1CCC2. The monoisotopic (exact) mass is 353 g/mol. The lowest BCUT2D eigenvalue weighted by atomic mass is 9.83. The zero-order chi connectivity index (χ0) is 18.4. The van der Waals surface area contributed by atoms with Crippen molar-refractivity contribution in [3.63, 3.8) is 0 Å². The summed E-state index contributed by atoms with van der Waals surface area (Å²) in [7, 11) is 0. The maximum atomic E-state index is 14.1. The molecule has 0 radical (unpaired) electrons. The van der Waals surface area contributed by atoms with Crippen molar-refractivity contribution in [3.8, 4) is 0 Å². The van der Waals surface area contributed by atoms with Crippen LogP contribution in [0.3, 0.4) is 0 Å². The normalized spacial score (nSPS) is 23.3. The van der Waals surface area contributed by atoms with Crippen LogP contribution in [0.2, 0.25) is 0 Å². The fraction of sp³-hybridized carbons (Fsp3) is 0.526. The number of ether oxygens (including phenoxy) is 1. The minimum atomic E-state index is -1.17. The average Bonchev–Trinajstić information content (AvgIpc) is 2.48. The summed E-state index contributed by atoms with van der Waals surface area (Å²) in [4.78, 5) is 14.2. The van der Waals surface area contributed by atoms with Gasteiger partial charge in [0.25, 0.3) is 0 Å². The van der Waals surface area contributed by atoms with E-state index in [0.717, 1.165) is 25.0 Å². The molecule has 1 aromatic carbocycles. The van der Waals surface area contributed by atoms with Gasteiger partial charge in [0.05, 0.1) is 11.6 Å². The van der Waals surface area contributed by atoms with E-state index in [4.69, 9.17) is 4.74 Å². The molecule has 136 valence electrons. The second-order valence-electron chi connectivity index (χ2n) is 7.65. The third-order valence-electron chi connectivity index (χ3n) is 4.61. The quantitative estimate of drug-likeness (QED) is 0.661. The second-order valence-corrected chi connectivity index (χ2v) is 7.65. The highest BCUT2D eigenvalue weighted by atomic mass is 19.2. The van der Waals surface area contributed by atoms with Crippen molar-refractivity contribution in [2.45, 2.75) is 64.1 Å². The van der Waals surface area contributed by atoms with Crippen LogP contribution in [0.25, 0.3) is 5.57 Å². The first kappa shape index (κ1) is 17.8. The number of carbonyl (C=O) groups excluding carboxylic acids is 1. The topological polar surface area (TPSA) is 29.5 Å². The number of rotatable bonds is 1. The van der Waals surface area contributed by atoms with Crippen LogP contribution < -0.4 is 0 Å². The van der Waals surface area contributed by atoms with Crippen molar-refractivity contribution in [2.75, 3.05) is 0 Å². The average molecular weight is 353 g/mol. The van der Waals surface area contributed by atoms with Gasteiger partial charge in [-0.25, -0.2) is 18.0 Å². The number of fused-ring (bicyclic) bond motifs is 2. The van der Waals surface area contributed by atoms with Crippen LogP contribution in [0.1, 0.15) is 52.0 Å². The molecule has 0 aromatic heterocycles. The largest absolute Gasteiger partial charge is 0.444 e. The van der Waals surface area contributed by atoms with Gasteiger partial charge < -0.3 is 4.74 Å². The number of nitrogens with zero attached hydrogens (tertiary/aromatic N) is 1. The van der Waals surface area contributed by atoms with E-state index in [1.54, 1.807) is 31.7 Å². The van der Waals surface area contributed by atoms with Crippen LogP contribution in [-0.2, 0) is 4.74 Å². The summed E-state index contributed by atoms with van der Waals surface area (Å²) in [5, 5.41) is 0. The molecule has 2 heterocycles. The molecule has 1 fully saturated rings.